The highest BCUT2D eigenvalue weighted by Gasteiger charge is 2.23. The first-order chi connectivity index (χ1) is 17.0. The molecule has 1 aliphatic heterocycles. The summed E-state index contributed by atoms with van der Waals surface area (Å²) < 4.78 is 32.4. The van der Waals surface area contributed by atoms with Gasteiger partial charge in [-0.25, -0.2) is 9.19 Å². The molecule has 1 saturated heterocycles. The Morgan fingerprint density at radius 2 is 2.00 bits per heavy atom. The summed E-state index contributed by atoms with van der Waals surface area (Å²) >= 11 is -2.05. The Morgan fingerprint density at radius 3 is 2.74 bits per heavy atom. The van der Waals surface area contributed by atoms with Crippen molar-refractivity contribution in [3.05, 3.63) is 78.0 Å². The standard InChI is InChI=1S/C26H29N3O5S/c1-2-33-23-10-3-4-11-24(23)34-21-8-6-14-29(18-21)25-13-12-20(17-27-25)26(30)28-16-19-7-5-9-22(15-19)35(31)32/h3-5,7,9-13,15,17,21H,2,6,8,14,16,18H2,1H3,(H,28,30)(H,31,32)/t21-/m1/s1. The second-order valence-electron chi connectivity index (χ2n) is 8.19. The van der Waals surface area contributed by atoms with Crippen LogP contribution in [-0.4, -0.2) is 45.5 Å². The summed E-state index contributed by atoms with van der Waals surface area (Å²) in [7, 11) is 0. The number of carbonyl (C=O) groups excluding carboxylic acids is 1. The Hall–Kier alpha value is -3.43. The quantitative estimate of drug-likeness (QED) is 0.432. The minimum absolute atomic E-state index is 0.0131. The van der Waals surface area contributed by atoms with E-state index >= 15 is 0 Å². The molecular weight excluding hydrogens is 466 g/mol. The van der Waals surface area contributed by atoms with Crippen molar-refractivity contribution in [2.45, 2.75) is 37.3 Å². The molecule has 0 radical (unpaired) electrons. The number of rotatable bonds is 9. The fraction of sp³-hybridized carbons (Fsp3) is 0.308. The molecule has 1 aromatic heterocycles. The van der Waals surface area contributed by atoms with E-state index in [-0.39, 0.29) is 18.6 Å². The Kier molecular flexibility index (Phi) is 8.33. The molecule has 9 heteroatoms. The minimum atomic E-state index is -2.05. The van der Waals surface area contributed by atoms with Gasteiger partial charge in [0.1, 0.15) is 11.9 Å². The molecule has 1 aliphatic rings. The van der Waals surface area contributed by atoms with Gasteiger partial charge < -0.3 is 24.2 Å². The lowest BCUT2D eigenvalue weighted by molar-refractivity contribution is 0.0950. The number of hydrogen-bond acceptors (Lipinski definition) is 6. The molecule has 2 atom stereocenters. The second kappa shape index (κ2) is 11.8. The van der Waals surface area contributed by atoms with E-state index in [9.17, 15) is 13.6 Å². The molecule has 8 nitrogen and oxygen atoms in total. The fourth-order valence-corrected chi connectivity index (χ4v) is 4.45. The van der Waals surface area contributed by atoms with Gasteiger partial charge in [0.05, 0.1) is 23.6 Å². The number of nitrogens with one attached hydrogen (secondary N) is 1. The molecule has 35 heavy (non-hydrogen) atoms. The first-order valence-corrected chi connectivity index (χ1v) is 12.7. The van der Waals surface area contributed by atoms with Crippen LogP contribution in [0, 0.1) is 0 Å². The number of amides is 1. The fourth-order valence-electron chi connectivity index (χ4n) is 4.00. The third-order valence-corrected chi connectivity index (χ3v) is 6.37. The lowest BCUT2D eigenvalue weighted by Gasteiger charge is -2.34. The zero-order valence-electron chi connectivity index (χ0n) is 19.6. The summed E-state index contributed by atoms with van der Waals surface area (Å²) in [6, 6.07) is 18.0. The third-order valence-electron chi connectivity index (χ3n) is 5.71. The van der Waals surface area contributed by atoms with Crippen molar-refractivity contribution in [2.75, 3.05) is 24.6 Å². The lowest BCUT2D eigenvalue weighted by Crippen LogP contribution is -2.41. The van der Waals surface area contributed by atoms with E-state index < -0.39 is 11.1 Å². The van der Waals surface area contributed by atoms with Crippen LogP contribution in [0.4, 0.5) is 5.82 Å². The van der Waals surface area contributed by atoms with Gasteiger partial charge in [-0.05, 0) is 61.7 Å². The van der Waals surface area contributed by atoms with E-state index in [0.29, 0.717) is 23.6 Å². The van der Waals surface area contributed by atoms with Crippen LogP contribution in [0.2, 0.25) is 0 Å². The number of nitrogens with zero attached hydrogens (tertiary/aromatic N) is 2. The molecule has 0 spiro atoms. The van der Waals surface area contributed by atoms with Gasteiger partial charge in [-0.1, -0.05) is 24.3 Å². The highest BCUT2D eigenvalue weighted by molar-refractivity contribution is 7.79. The zero-order chi connectivity index (χ0) is 24.6. The van der Waals surface area contributed by atoms with Gasteiger partial charge in [-0.3, -0.25) is 4.79 Å². The molecule has 1 amide bonds. The van der Waals surface area contributed by atoms with E-state index in [4.69, 9.17) is 9.47 Å². The van der Waals surface area contributed by atoms with Crippen LogP contribution >= 0.6 is 0 Å². The summed E-state index contributed by atoms with van der Waals surface area (Å²) in [5.41, 5.74) is 1.19. The highest BCUT2D eigenvalue weighted by Crippen LogP contribution is 2.29. The van der Waals surface area contributed by atoms with E-state index in [2.05, 4.69) is 15.2 Å². The molecule has 4 rings (SSSR count). The van der Waals surface area contributed by atoms with Crippen molar-refractivity contribution in [1.82, 2.24) is 10.3 Å². The molecule has 2 N–H and O–H groups in total. The molecule has 1 fully saturated rings. The number of ether oxygens (including phenoxy) is 2. The Balaban J connectivity index is 1.34. The average Bonchev–Trinajstić information content (AvgIpc) is 2.89. The number of carbonyl (C=O) groups is 1. The number of hydrogen-bond donors (Lipinski definition) is 2. The zero-order valence-corrected chi connectivity index (χ0v) is 20.4. The van der Waals surface area contributed by atoms with Crippen molar-refractivity contribution in [2.24, 2.45) is 0 Å². The van der Waals surface area contributed by atoms with E-state index in [1.807, 2.05) is 37.3 Å². The third kappa shape index (κ3) is 6.58. The van der Waals surface area contributed by atoms with E-state index in [0.717, 1.165) is 42.3 Å². The monoisotopic (exact) mass is 495 g/mol. The first kappa shape index (κ1) is 24.7. The van der Waals surface area contributed by atoms with Crippen molar-refractivity contribution >= 4 is 22.8 Å². The molecule has 2 heterocycles. The summed E-state index contributed by atoms with van der Waals surface area (Å²) in [5, 5.41) is 2.83. The van der Waals surface area contributed by atoms with Crippen LogP contribution in [0.3, 0.4) is 0 Å². The number of aromatic nitrogens is 1. The molecule has 3 aromatic rings. The van der Waals surface area contributed by atoms with E-state index in [1.54, 1.807) is 36.5 Å². The van der Waals surface area contributed by atoms with Crippen LogP contribution in [0.1, 0.15) is 35.7 Å². The lowest BCUT2D eigenvalue weighted by atomic mass is 10.1. The maximum atomic E-state index is 12.6. The number of benzene rings is 2. The van der Waals surface area contributed by atoms with Crippen molar-refractivity contribution < 1.29 is 23.0 Å². The summed E-state index contributed by atoms with van der Waals surface area (Å²) in [4.78, 5) is 19.5. The van der Waals surface area contributed by atoms with Crippen molar-refractivity contribution in [3.63, 3.8) is 0 Å². The second-order valence-corrected chi connectivity index (χ2v) is 9.16. The first-order valence-electron chi connectivity index (χ1n) is 11.6. The highest BCUT2D eigenvalue weighted by atomic mass is 32.2. The van der Waals surface area contributed by atoms with E-state index in [1.165, 1.54) is 0 Å². The number of para-hydroxylation sites is 2. The predicted octanol–water partition coefficient (Wildman–Crippen LogP) is 4.04. The van der Waals surface area contributed by atoms with Crippen molar-refractivity contribution in [3.8, 4) is 11.5 Å². The Bertz CT molecular complexity index is 1170. The molecule has 1 unspecified atom stereocenters. The maximum Gasteiger partial charge on any atom is 0.253 e. The van der Waals surface area contributed by atoms with Crippen LogP contribution in [0.25, 0.3) is 0 Å². The molecular formula is C26H29N3O5S. The van der Waals surface area contributed by atoms with Gasteiger partial charge in [-0.15, -0.1) is 0 Å². The number of piperidine rings is 1. The molecule has 2 aromatic carbocycles. The maximum absolute atomic E-state index is 12.6. The van der Waals surface area contributed by atoms with Crippen LogP contribution in [0.5, 0.6) is 11.5 Å². The SMILES string of the molecule is CCOc1ccccc1O[C@@H]1CCCN(c2ccc(C(=O)NCc3cccc(S(=O)O)c3)cn2)C1. The largest absolute Gasteiger partial charge is 0.490 e. The Morgan fingerprint density at radius 1 is 1.17 bits per heavy atom. The van der Waals surface area contributed by atoms with Gasteiger partial charge in [0.15, 0.2) is 22.6 Å². The summed E-state index contributed by atoms with van der Waals surface area (Å²) in [6.07, 6.45) is 3.50. The normalized spacial score (nSPS) is 16.4. The van der Waals surface area contributed by atoms with Crippen LogP contribution < -0.4 is 19.7 Å². The summed E-state index contributed by atoms with van der Waals surface area (Å²) in [6.45, 7) is 4.35. The van der Waals surface area contributed by atoms with Crippen LogP contribution in [0.15, 0.2) is 71.8 Å². The van der Waals surface area contributed by atoms with Crippen LogP contribution in [-0.2, 0) is 17.6 Å². The average molecular weight is 496 g/mol. The number of anilines is 1. The Labute approximate surface area is 207 Å². The van der Waals surface area contributed by atoms with Gasteiger partial charge in [-0.2, -0.15) is 0 Å². The van der Waals surface area contributed by atoms with Gasteiger partial charge in [0, 0.05) is 19.3 Å². The smallest absolute Gasteiger partial charge is 0.253 e. The summed E-state index contributed by atoms with van der Waals surface area (Å²) in [5.74, 6) is 2.03. The van der Waals surface area contributed by atoms with Gasteiger partial charge >= 0.3 is 0 Å². The van der Waals surface area contributed by atoms with Gasteiger partial charge in [0.25, 0.3) is 5.91 Å². The van der Waals surface area contributed by atoms with Crippen molar-refractivity contribution in [1.29, 1.82) is 0 Å². The molecule has 0 saturated carbocycles. The molecule has 0 aliphatic carbocycles. The van der Waals surface area contributed by atoms with Gasteiger partial charge in [0.2, 0.25) is 0 Å². The predicted molar refractivity (Wildman–Crippen MR) is 134 cm³/mol. The number of pyridine rings is 1. The molecule has 0 bridgehead atoms. The minimum Gasteiger partial charge on any atom is -0.490 e. The molecule has 184 valence electrons. The topological polar surface area (TPSA) is 101 Å².